The van der Waals surface area contributed by atoms with Gasteiger partial charge in [0.2, 0.25) is 5.55 Å². The Balaban J connectivity index is 1.88. The van der Waals surface area contributed by atoms with Crippen LogP contribution < -0.4 is 20.3 Å². The normalized spacial score (nSPS) is 11.4. The molecular formula is C23H18BrN3O4. The van der Waals surface area contributed by atoms with E-state index in [1.54, 1.807) is 62.9 Å². The highest BCUT2D eigenvalue weighted by atomic mass is 79.9. The molecule has 2 heterocycles. The van der Waals surface area contributed by atoms with Gasteiger partial charge in [-0.25, -0.2) is 9.98 Å². The lowest BCUT2D eigenvalue weighted by Gasteiger charge is -2.08. The van der Waals surface area contributed by atoms with E-state index in [0.717, 1.165) is 9.86 Å². The summed E-state index contributed by atoms with van der Waals surface area (Å²) >= 11 is 3.45. The van der Waals surface area contributed by atoms with Crippen molar-refractivity contribution in [2.75, 3.05) is 19.5 Å². The molecule has 1 N–H and O–H groups in total. The first kappa shape index (κ1) is 20.6. The quantitative estimate of drug-likeness (QED) is 0.430. The van der Waals surface area contributed by atoms with E-state index < -0.39 is 5.91 Å². The lowest BCUT2D eigenvalue weighted by molar-refractivity contribution is 0.102. The number of benzene rings is 2. The standard InChI is InChI=1S/C23H18BrN3O4/c1-29-17-11-16(12-18(13-17)30-2)26-23-19(22(28)27-21-5-3-4-8-25-21)10-14-9-15(24)6-7-20(14)31-23/h3-13H,1-2H3,(H,25,27,28). The highest BCUT2D eigenvalue weighted by molar-refractivity contribution is 9.10. The average molecular weight is 480 g/mol. The predicted molar refractivity (Wildman–Crippen MR) is 121 cm³/mol. The average Bonchev–Trinajstić information content (AvgIpc) is 2.79. The Morgan fingerprint density at radius 2 is 1.81 bits per heavy atom. The van der Waals surface area contributed by atoms with Crippen LogP contribution in [0.15, 0.2) is 80.7 Å². The molecule has 8 heteroatoms. The molecule has 4 aromatic rings. The van der Waals surface area contributed by atoms with E-state index >= 15 is 0 Å². The van der Waals surface area contributed by atoms with Gasteiger partial charge in [0.25, 0.3) is 5.91 Å². The SMILES string of the molecule is COc1cc(N=c2oc3ccc(Br)cc3cc2C(=O)Nc2ccccn2)cc(OC)c1. The number of pyridine rings is 1. The monoisotopic (exact) mass is 479 g/mol. The Hall–Kier alpha value is -3.65. The van der Waals surface area contributed by atoms with E-state index in [1.807, 2.05) is 18.2 Å². The number of hydrogen-bond acceptors (Lipinski definition) is 6. The molecule has 0 saturated carbocycles. The third kappa shape index (κ3) is 4.75. The number of hydrogen-bond donors (Lipinski definition) is 1. The van der Waals surface area contributed by atoms with Crippen LogP contribution in [0.25, 0.3) is 11.0 Å². The van der Waals surface area contributed by atoms with E-state index in [0.29, 0.717) is 28.6 Å². The first-order valence-corrected chi connectivity index (χ1v) is 10.1. The van der Waals surface area contributed by atoms with E-state index in [4.69, 9.17) is 13.9 Å². The van der Waals surface area contributed by atoms with E-state index in [2.05, 4.69) is 31.2 Å². The number of halogens is 1. The lowest BCUT2D eigenvalue weighted by atomic mass is 10.1. The van der Waals surface area contributed by atoms with Gasteiger partial charge in [0.05, 0.1) is 19.9 Å². The molecule has 0 saturated heterocycles. The molecule has 0 aliphatic carbocycles. The summed E-state index contributed by atoms with van der Waals surface area (Å²) in [6, 6.07) is 17.7. The van der Waals surface area contributed by atoms with E-state index in [1.165, 1.54) is 0 Å². The fourth-order valence-corrected chi connectivity index (χ4v) is 3.32. The second-order valence-electron chi connectivity index (χ2n) is 6.50. The Kier molecular flexibility index (Phi) is 5.99. The molecule has 0 spiro atoms. The molecule has 1 amide bonds. The Morgan fingerprint density at radius 1 is 1.03 bits per heavy atom. The number of rotatable bonds is 5. The number of fused-ring (bicyclic) bond motifs is 1. The van der Waals surface area contributed by atoms with Crippen molar-refractivity contribution in [3.8, 4) is 11.5 Å². The smallest absolute Gasteiger partial charge is 0.262 e. The van der Waals surface area contributed by atoms with Crippen molar-refractivity contribution in [3.63, 3.8) is 0 Å². The second-order valence-corrected chi connectivity index (χ2v) is 7.41. The first-order chi connectivity index (χ1) is 15.1. The molecule has 4 rings (SSSR count). The summed E-state index contributed by atoms with van der Waals surface area (Å²) in [6.07, 6.45) is 1.60. The van der Waals surface area contributed by atoms with Crippen LogP contribution in [-0.4, -0.2) is 25.1 Å². The van der Waals surface area contributed by atoms with Crippen LogP contribution in [-0.2, 0) is 0 Å². The third-order valence-corrected chi connectivity index (χ3v) is 4.92. The second kappa shape index (κ2) is 9.01. The topological polar surface area (TPSA) is 86.0 Å². The molecule has 0 aliphatic rings. The van der Waals surface area contributed by atoms with E-state index in [9.17, 15) is 4.79 Å². The highest BCUT2D eigenvalue weighted by Crippen LogP contribution is 2.28. The minimum absolute atomic E-state index is 0.151. The molecule has 0 radical (unpaired) electrons. The van der Waals surface area contributed by atoms with Gasteiger partial charge >= 0.3 is 0 Å². The molecule has 0 atom stereocenters. The van der Waals surface area contributed by atoms with E-state index in [-0.39, 0.29) is 11.1 Å². The summed E-state index contributed by atoms with van der Waals surface area (Å²) in [7, 11) is 3.12. The molecular weight excluding hydrogens is 462 g/mol. The van der Waals surface area contributed by atoms with Gasteiger partial charge in [-0.05, 0) is 36.4 Å². The molecule has 31 heavy (non-hydrogen) atoms. The van der Waals surface area contributed by atoms with Crippen molar-refractivity contribution in [1.82, 2.24) is 4.98 Å². The number of carbonyl (C=O) groups excluding carboxylic acids is 1. The zero-order valence-electron chi connectivity index (χ0n) is 16.8. The number of ether oxygens (including phenoxy) is 2. The van der Waals surface area contributed by atoms with Crippen LogP contribution >= 0.6 is 15.9 Å². The summed E-state index contributed by atoms with van der Waals surface area (Å²) < 4.78 is 17.5. The first-order valence-electron chi connectivity index (χ1n) is 9.29. The van der Waals surface area contributed by atoms with Crippen molar-refractivity contribution < 1.29 is 18.7 Å². The van der Waals surface area contributed by atoms with Crippen LogP contribution in [0.1, 0.15) is 10.4 Å². The molecule has 156 valence electrons. The van der Waals surface area contributed by atoms with Gasteiger partial charge < -0.3 is 19.2 Å². The molecule has 0 unspecified atom stereocenters. The number of nitrogens with zero attached hydrogens (tertiary/aromatic N) is 2. The maximum Gasteiger partial charge on any atom is 0.262 e. The number of amides is 1. The Morgan fingerprint density at radius 3 is 2.48 bits per heavy atom. The van der Waals surface area contributed by atoms with Gasteiger partial charge in [0.15, 0.2) is 0 Å². The van der Waals surface area contributed by atoms with Crippen molar-refractivity contribution >= 4 is 44.3 Å². The van der Waals surface area contributed by atoms with Gasteiger partial charge in [-0.1, -0.05) is 22.0 Å². The summed E-state index contributed by atoms with van der Waals surface area (Å²) in [6.45, 7) is 0. The maximum absolute atomic E-state index is 13.1. The number of carbonyl (C=O) groups is 1. The van der Waals surface area contributed by atoms with Gasteiger partial charge in [-0.2, -0.15) is 0 Å². The van der Waals surface area contributed by atoms with Crippen LogP contribution in [0.5, 0.6) is 11.5 Å². The van der Waals surface area contributed by atoms with Crippen LogP contribution in [0.2, 0.25) is 0 Å². The van der Waals surface area contributed by atoms with Gasteiger partial charge in [-0.3, -0.25) is 4.79 Å². The number of nitrogens with one attached hydrogen (secondary N) is 1. The molecule has 0 bridgehead atoms. The summed E-state index contributed by atoms with van der Waals surface area (Å²) in [4.78, 5) is 21.8. The van der Waals surface area contributed by atoms with Crippen LogP contribution in [0.3, 0.4) is 0 Å². The molecule has 0 fully saturated rings. The summed E-state index contributed by atoms with van der Waals surface area (Å²) in [5.41, 5.74) is 1.52. The van der Waals surface area contributed by atoms with Crippen LogP contribution in [0, 0.1) is 0 Å². The molecule has 7 nitrogen and oxygen atoms in total. The number of methoxy groups -OCH3 is 2. The maximum atomic E-state index is 13.1. The van der Waals surface area contributed by atoms with Crippen LogP contribution in [0.4, 0.5) is 11.5 Å². The van der Waals surface area contributed by atoms with Gasteiger partial charge in [0, 0.05) is 34.3 Å². The number of anilines is 1. The Bertz CT molecular complexity index is 1300. The molecule has 2 aromatic carbocycles. The third-order valence-electron chi connectivity index (χ3n) is 4.43. The Labute approximate surface area is 186 Å². The van der Waals surface area contributed by atoms with Crippen molar-refractivity contribution in [2.45, 2.75) is 0 Å². The summed E-state index contributed by atoms with van der Waals surface area (Å²) in [5.74, 6) is 1.18. The highest BCUT2D eigenvalue weighted by Gasteiger charge is 2.14. The molecule has 0 aliphatic heterocycles. The fourth-order valence-electron chi connectivity index (χ4n) is 2.94. The zero-order chi connectivity index (χ0) is 21.8. The number of aromatic nitrogens is 1. The largest absolute Gasteiger partial charge is 0.497 e. The van der Waals surface area contributed by atoms with Crippen molar-refractivity contribution in [3.05, 3.63) is 82.5 Å². The van der Waals surface area contributed by atoms with Gasteiger partial charge in [0.1, 0.15) is 28.5 Å². The molecule has 2 aromatic heterocycles. The lowest BCUT2D eigenvalue weighted by Crippen LogP contribution is -2.22. The van der Waals surface area contributed by atoms with Crippen molar-refractivity contribution in [1.29, 1.82) is 0 Å². The zero-order valence-corrected chi connectivity index (χ0v) is 18.3. The minimum atomic E-state index is -0.391. The predicted octanol–water partition coefficient (Wildman–Crippen LogP) is 5.09. The van der Waals surface area contributed by atoms with Gasteiger partial charge in [-0.15, -0.1) is 0 Å². The fraction of sp³-hybridized carbons (Fsp3) is 0.0870. The summed E-state index contributed by atoms with van der Waals surface area (Å²) in [5, 5.41) is 3.53. The minimum Gasteiger partial charge on any atom is -0.497 e. The van der Waals surface area contributed by atoms with Crippen molar-refractivity contribution in [2.24, 2.45) is 4.99 Å².